The molecule has 0 aliphatic heterocycles. The van der Waals surface area contributed by atoms with Crippen molar-refractivity contribution >= 4 is 15.9 Å². The highest BCUT2D eigenvalue weighted by Crippen LogP contribution is 2.28. The summed E-state index contributed by atoms with van der Waals surface area (Å²) in [5.41, 5.74) is 1.41. The Balaban J connectivity index is 2.16. The number of hydrogen-bond donors (Lipinski definition) is 0. The molecule has 0 heterocycles. The lowest BCUT2D eigenvalue weighted by Gasteiger charge is -2.20. The van der Waals surface area contributed by atoms with Crippen molar-refractivity contribution in [3.05, 3.63) is 52.2 Å². The number of halogens is 1. The predicted molar refractivity (Wildman–Crippen MR) is 70.4 cm³/mol. The maximum atomic E-state index is 5.88. The highest BCUT2D eigenvalue weighted by Gasteiger charge is 2.14. The molecule has 0 bridgehead atoms. The van der Waals surface area contributed by atoms with Gasteiger partial charge in [-0.05, 0) is 37.6 Å². The molecule has 1 aliphatic rings. The number of allylic oxidation sites excluding steroid dienone is 4. The van der Waals surface area contributed by atoms with Gasteiger partial charge in [0, 0.05) is 10.4 Å². The van der Waals surface area contributed by atoms with E-state index < -0.39 is 0 Å². The largest absolute Gasteiger partial charge is 0.461 e. The lowest BCUT2D eigenvalue weighted by Crippen LogP contribution is -2.09. The molecule has 0 radical (unpaired) electrons. The zero-order valence-electron chi connectivity index (χ0n) is 9.53. The van der Waals surface area contributed by atoms with Gasteiger partial charge in [-0.15, -0.1) is 0 Å². The fourth-order valence-corrected chi connectivity index (χ4v) is 2.22. The van der Waals surface area contributed by atoms with Crippen LogP contribution < -0.4 is 4.74 Å². The summed E-state index contributed by atoms with van der Waals surface area (Å²) in [4.78, 5) is 0. The van der Waals surface area contributed by atoms with Crippen molar-refractivity contribution in [1.82, 2.24) is 0 Å². The van der Waals surface area contributed by atoms with Crippen LogP contribution in [0.3, 0.4) is 0 Å². The molecule has 1 aliphatic carbocycles. The summed E-state index contributed by atoms with van der Waals surface area (Å²) in [6.07, 6.45) is 5.29. The number of hydrogen-bond acceptors (Lipinski definition) is 1. The van der Waals surface area contributed by atoms with E-state index in [1.54, 1.807) is 0 Å². The lowest BCUT2D eigenvalue weighted by molar-refractivity contribution is 0.352. The average Bonchev–Trinajstić information content (AvgIpc) is 2.22. The Hall–Kier alpha value is -1.02. The molecule has 0 saturated carbocycles. The smallest absolute Gasteiger partial charge is 0.128 e. The van der Waals surface area contributed by atoms with E-state index >= 15 is 0 Å². The first-order chi connectivity index (χ1) is 7.65. The summed E-state index contributed by atoms with van der Waals surface area (Å²) >= 11 is 3.44. The molecule has 1 unspecified atom stereocenters. The molecule has 0 amide bonds. The SMILES string of the molecule is CC1=CC=C(Oc2cccc(Br)c2)C(C)C1. The van der Waals surface area contributed by atoms with Crippen LogP contribution in [0.1, 0.15) is 20.3 Å². The minimum absolute atomic E-state index is 0.462. The van der Waals surface area contributed by atoms with Crippen LogP contribution in [0.15, 0.2) is 52.2 Å². The Kier molecular flexibility index (Phi) is 3.49. The van der Waals surface area contributed by atoms with Gasteiger partial charge in [0.05, 0.1) is 0 Å². The summed E-state index contributed by atoms with van der Waals surface area (Å²) in [7, 11) is 0. The molecule has 0 aromatic heterocycles. The van der Waals surface area contributed by atoms with E-state index in [0.717, 1.165) is 22.4 Å². The van der Waals surface area contributed by atoms with E-state index in [-0.39, 0.29) is 0 Å². The molecule has 1 atom stereocenters. The molecule has 1 aromatic rings. The zero-order valence-corrected chi connectivity index (χ0v) is 11.1. The summed E-state index contributed by atoms with van der Waals surface area (Å²) in [5.74, 6) is 2.40. The maximum absolute atomic E-state index is 5.88. The first-order valence-electron chi connectivity index (χ1n) is 5.46. The van der Waals surface area contributed by atoms with Gasteiger partial charge in [-0.25, -0.2) is 0 Å². The van der Waals surface area contributed by atoms with Gasteiger partial charge in [0.15, 0.2) is 0 Å². The predicted octanol–water partition coefficient (Wildman–Crippen LogP) is 4.70. The van der Waals surface area contributed by atoms with Gasteiger partial charge in [0.2, 0.25) is 0 Å². The number of ether oxygens (including phenoxy) is 1. The van der Waals surface area contributed by atoms with Crippen LogP contribution >= 0.6 is 15.9 Å². The van der Waals surface area contributed by atoms with Gasteiger partial charge in [0.1, 0.15) is 11.5 Å². The highest BCUT2D eigenvalue weighted by molar-refractivity contribution is 9.10. The Morgan fingerprint density at radius 3 is 2.81 bits per heavy atom. The van der Waals surface area contributed by atoms with E-state index in [4.69, 9.17) is 4.74 Å². The standard InChI is InChI=1S/C14H15BrO/c1-10-6-7-14(11(2)8-10)16-13-5-3-4-12(15)9-13/h3-7,9,11H,8H2,1-2H3. The normalized spacial score (nSPS) is 20.1. The van der Waals surface area contributed by atoms with Crippen molar-refractivity contribution in [3.8, 4) is 5.75 Å². The quantitative estimate of drug-likeness (QED) is 0.762. The van der Waals surface area contributed by atoms with Crippen LogP contribution in [0.4, 0.5) is 0 Å². The van der Waals surface area contributed by atoms with Gasteiger partial charge in [-0.2, -0.15) is 0 Å². The van der Waals surface area contributed by atoms with Crippen LogP contribution in [0.5, 0.6) is 5.75 Å². The van der Waals surface area contributed by atoms with Crippen molar-refractivity contribution in [2.24, 2.45) is 5.92 Å². The molecule has 16 heavy (non-hydrogen) atoms. The minimum Gasteiger partial charge on any atom is -0.461 e. The molecule has 1 aromatic carbocycles. The lowest BCUT2D eigenvalue weighted by atomic mass is 9.95. The Labute approximate surface area is 105 Å². The topological polar surface area (TPSA) is 9.23 Å². The molecular formula is C14H15BrO. The van der Waals surface area contributed by atoms with E-state index in [2.05, 4.69) is 41.9 Å². The molecule has 2 rings (SSSR count). The minimum atomic E-state index is 0.462. The van der Waals surface area contributed by atoms with Crippen LogP contribution in [0, 0.1) is 5.92 Å². The third kappa shape index (κ3) is 2.76. The fraction of sp³-hybridized carbons (Fsp3) is 0.286. The molecule has 2 heteroatoms. The summed E-state index contributed by atoms with van der Waals surface area (Å²) in [6.45, 7) is 4.35. The fourth-order valence-electron chi connectivity index (χ4n) is 1.84. The van der Waals surface area contributed by atoms with Gasteiger partial charge >= 0.3 is 0 Å². The van der Waals surface area contributed by atoms with Crippen LogP contribution in [0.25, 0.3) is 0 Å². The van der Waals surface area contributed by atoms with Crippen LogP contribution in [-0.2, 0) is 0 Å². The molecule has 0 saturated heterocycles. The second kappa shape index (κ2) is 4.88. The van der Waals surface area contributed by atoms with Gasteiger partial charge in [-0.3, -0.25) is 0 Å². The van der Waals surface area contributed by atoms with E-state index in [1.807, 2.05) is 24.3 Å². The van der Waals surface area contributed by atoms with Crippen molar-refractivity contribution < 1.29 is 4.74 Å². The number of benzene rings is 1. The van der Waals surface area contributed by atoms with Gasteiger partial charge in [-0.1, -0.05) is 40.6 Å². The Bertz CT molecular complexity index is 446. The first kappa shape index (κ1) is 11.5. The third-order valence-electron chi connectivity index (χ3n) is 2.68. The summed E-state index contributed by atoms with van der Waals surface area (Å²) in [5, 5.41) is 0. The molecule has 0 spiro atoms. The van der Waals surface area contributed by atoms with Crippen LogP contribution in [0.2, 0.25) is 0 Å². The highest BCUT2D eigenvalue weighted by atomic mass is 79.9. The number of rotatable bonds is 2. The second-order valence-corrected chi connectivity index (χ2v) is 5.16. The Morgan fingerprint density at radius 1 is 1.31 bits per heavy atom. The summed E-state index contributed by atoms with van der Waals surface area (Å²) < 4.78 is 6.93. The van der Waals surface area contributed by atoms with E-state index in [1.165, 1.54) is 5.57 Å². The van der Waals surface area contributed by atoms with E-state index in [9.17, 15) is 0 Å². The third-order valence-corrected chi connectivity index (χ3v) is 3.17. The molecular weight excluding hydrogens is 264 g/mol. The zero-order chi connectivity index (χ0) is 11.5. The van der Waals surface area contributed by atoms with Crippen molar-refractivity contribution in [2.45, 2.75) is 20.3 Å². The maximum Gasteiger partial charge on any atom is 0.128 e. The van der Waals surface area contributed by atoms with Crippen molar-refractivity contribution in [2.75, 3.05) is 0 Å². The van der Waals surface area contributed by atoms with Crippen molar-refractivity contribution in [3.63, 3.8) is 0 Å². The van der Waals surface area contributed by atoms with Gasteiger partial charge in [0.25, 0.3) is 0 Å². The van der Waals surface area contributed by atoms with Crippen molar-refractivity contribution in [1.29, 1.82) is 0 Å². The Morgan fingerprint density at radius 2 is 2.12 bits per heavy atom. The molecule has 84 valence electrons. The van der Waals surface area contributed by atoms with Gasteiger partial charge < -0.3 is 4.74 Å². The second-order valence-electron chi connectivity index (χ2n) is 4.25. The monoisotopic (exact) mass is 278 g/mol. The molecule has 1 nitrogen and oxygen atoms in total. The summed E-state index contributed by atoms with van der Waals surface area (Å²) in [6, 6.07) is 7.94. The average molecular weight is 279 g/mol. The molecule has 0 N–H and O–H groups in total. The van der Waals surface area contributed by atoms with Crippen LogP contribution in [-0.4, -0.2) is 0 Å². The molecule has 0 fully saturated rings. The first-order valence-corrected chi connectivity index (χ1v) is 6.25. The van der Waals surface area contributed by atoms with E-state index in [0.29, 0.717) is 5.92 Å².